The lowest BCUT2D eigenvalue weighted by molar-refractivity contribution is -0.119. The molecule has 2 N–H and O–H groups in total. The molecule has 1 aromatic carbocycles. The first-order valence-electron chi connectivity index (χ1n) is 8.44. The van der Waals surface area contributed by atoms with E-state index in [2.05, 4.69) is 35.7 Å². The number of thiazole rings is 1. The maximum atomic E-state index is 12.3. The van der Waals surface area contributed by atoms with Gasteiger partial charge in [-0.05, 0) is 37.3 Å². The van der Waals surface area contributed by atoms with Gasteiger partial charge < -0.3 is 10.6 Å². The van der Waals surface area contributed by atoms with E-state index in [1.165, 1.54) is 28.7 Å². The van der Waals surface area contributed by atoms with Crippen LogP contribution in [0, 0.1) is 0 Å². The van der Waals surface area contributed by atoms with Crippen LogP contribution in [-0.2, 0) is 4.79 Å². The number of aromatic nitrogens is 6. The number of nitrogens with one attached hydrogen (secondary N) is 2. The quantitative estimate of drug-likeness (QED) is 0.518. The van der Waals surface area contributed by atoms with Gasteiger partial charge >= 0.3 is 0 Å². The second-order valence-electron chi connectivity index (χ2n) is 5.85. The Morgan fingerprint density at radius 1 is 1.11 bits per heavy atom. The molecule has 0 aliphatic rings. The fraction of sp³-hybridized carbons (Fsp3) is 0.111. The third kappa shape index (κ3) is 4.01. The van der Waals surface area contributed by atoms with Crippen molar-refractivity contribution in [2.24, 2.45) is 0 Å². The van der Waals surface area contributed by atoms with Crippen LogP contribution in [0.25, 0.3) is 10.8 Å². The molecule has 0 aliphatic carbocycles. The summed E-state index contributed by atoms with van der Waals surface area (Å²) in [6.07, 6.45) is 6.32. The molecule has 10 heteroatoms. The molecule has 0 saturated heterocycles. The van der Waals surface area contributed by atoms with Crippen molar-refractivity contribution < 1.29 is 4.79 Å². The van der Waals surface area contributed by atoms with E-state index in [9.17, 15) is 4.79 Å². The Bertz CT molecular complexity index is 1050. The van der Waals surface area contributed by atoms with Crippen LogP contribution in [0.5, 0.6) is 0 Å². The Kier molecular flexibility index (Phi) is 5.02. The van der Waals surface area contributed by atoms with Gasteiger partial charge in [-0.2, -0.15) is 5.10 Å². The van der Waals surface area contributed by atoms with Crippen molar-refractivity contribution in [2.75, 3.05) is 10.6 Å². The second-order valence-corrected chi connectivity index (χ2v) is 6.74. The number of anilines is 3. The zero-order chi connectivity index (χ0) is 19.3. The van der Waals surface area contributed by atoms with Crippen LogP contribution in [0.15, 0.2) is 60.8 Å². The number of carbonyl (C=O) groups is 1. The van der Waals surface area contributed by atoms with E-state index >= 15 is 0 Å². The van der Waals surface area contributed by atoms with E-state index < -0.39 is 6.04 Å². The molecular formula is C18H16N8OS. The van der Waals surface area contributed by atoms with Gasteiger partial charge in [0.1, 0.15) is 24.5 Å². The molecule has 0 saturated carbocycles. The maximum Gasteiger partial charge on any atom is 0.249 e. The van der Waals surface area contributed by atoms with E-state index in [1.54, 1.807) is 25.4 Å². The van der Waals surface area contributed by atoms with Crippen molar-refractivity contribution in [1.29, 1.82) is 0 Å². The van der Waals surface area contributed by atoms with Gasteiger partial charge in [0.2, 0.25) is 5.91 Å². The summed E-state index contributed by atoms with van der Waals surface area (Å²) in [4.78, 5) is 29.1. The van der Waals surface area contributed by atoms with Gasteiger partial charge in [0.15, 0.2) is 10.8 Å². The molecule has 0 fully saturated rings. The molecule has 0 aliphatic heterocycles. The van der Waals surface area contributed by atoms with Gasteiger partial charge in [-0.25, -0.2) is 24.6 Å². The van der Waals surface area contributed by atoms with Gasteiger partial charge in [0, 0.05) is 29.1 Å². The largest absolute Gasteiger partial charge is 0.340 e. The Morgan fingerprint density at radius 3 is 2.64 bits per heavy atom. The van der Waals surface area contributed by atoms with E-state index in [4.69, 9.17) is 0 Å². The highest BCUT2D eigenvalue weighted by Gasteiger charge is 2.15. The lowest BCUT2D eigenvalue weighted by Gasteiger charge is -2.12. The van der Waals surface area contributed by atoms with E-state index in [1.807, 2.05) is 29.6 Å². The predicted molar refractivity (Wildman–Crippen MR) is 106 cm³/mol. The van der Waals surface area contributed by atoms with Gasteiger partial charge in [0.25, 0.3) is 0 Å². The number of rotatable bonds is 6. The number of hydrogen-bond acceptors (Lipinski definition) is 8. The number of nitrogens with zero attached hydrogens (tertiary/aromatic N) is 6. The van der Waals surface area contributed by atoms with Crippen LogP contribution in [0.1, 0.15) is 13.0 Å². The van der Waals surface area contributed by atoms with Crippen LogP contribution in [0.2, 0.25) is 0 Å². The lowest BCUT2D eigenvalue weighted by Crippen LogP contribution is -2.23. The molecule has 0 bridgehead atoms. The smallest absolute Gasteiger partial charge is 0.249 e. The monoisotopic (exact) mass is 392 g/mol. The van der Waals surface area contributed by atoms with Gasteiger partial charge in [0.05, 0.1) is 0 Å². The zero-order valence-corrected chi connectivity index (χ0v) is 15.7. The SMILES string of the molecule is CC(C(=O)Nc1ccc(Nc2ccnc(-c3nccs3)n2)cc1)n1cncn1. The van der Waals surface area contributed by atoms with E-state index in [0.29, 0.717) is 17.3 Å². The summed E-state index contributed by atoms with van der Waals surface area (Å²) in [5.74, 6) is 1.07. The summed E-state index contributed by atoms with van der Waals surface area (Å²) < 4.78 is 1.50. The van der Waals surface area contributed by atoms with Crippen LogP contribution in [0.4, 0.5) is 17.2 Å². The molecule has 1 unspecified atom stereocenters. The predicted octanol–water partition coefficient (Wildman–Crippen LogP) is 3.13. The summed E-state index contributed by atoms with van der Waals surface area (Å²) >= 11 is 1.49. The zero-order valence-electron chi connectivity index (χ0n) is 14.9. The minimum Gasteiger partial charge on any atom is -0.340 e. The van der Waals surface area contributed by atoms with Gasteiger partial charge in [-0.1, -0.05) is 0 Å². The molecule has 0 spiro atoms. The number of benzene rings is 1. The summed E-state index contributed by atoms with van der Waals surface area (Å²) in [6, 6.07) is 8.69. The molecule has 3 aromatic heterocycles. The van der Waals surface area contributed by atoms with Gasteiger partial charge in [-0.15, -0.1) is 11.3 Å². The van der Waals surface area contributed by atoms with Crippen molar-refractivity contribution >= 4 is 34.4 Å². The molecule has 1 amide bonds. The maximum absolute atomic E-state index is 12.3. The van der Waals surface area contributed by atoms with Crippen molar-refractivity contribution in [3.05, 3.63) is 60.8 Å². The molecule has 4 rings (SSSR count). The first-order valence-corrected chi connectivity index (χ1v) is 9.32. The molecule has 4 aromatic rings. The highest BCUT2D eigenvalue weighted by atomic mass is 32.1. The summed E-state index contributed by atoms with van der Waals surface area (Å²) in [7, 11) is 0. The van der Waals surface area contributed by atoms with Crippen molar-refractivity contribution in [2.45, 2.75) is 13.0 Å². The molecule has 9 nitrogen and oxygen atoms in total. The van der Waals surface area contributed by atoms with Gasteiger partial charge in [-0.3, -0.25) is 4.79 Å². The third-order valence-electron chi connectivity index (χ3n) is 3.92. The van der Waals surface area contributed by atoms with Crippen LogP contribution < -0.4 is 10.6 Å². The van der Waals surface area contributed by atoms with E-state index in [0.717, 1.165) is 10.7 Å². The average Bonchev–Trinajstić information content (AvgIpc) is 3.43. The molecule has 0 radical (unpaired) electrons. The Hall–Kier alpha value is -3.66. The van der Waals surface area contributed by atoms with Crippen molar-refractivity contribution in [3.63, 3.8) is 0 Å². The fourth-order valence-electron chi connectivity index (χ4n) is 2.43. The molecule has 140 valence electrons. The number of hydrogen-bond donors (Lipinski definition) is 2. The topological polar surface area (TPSA) is 111 Å². The first kappa shape index (κ1) is 17.7. The highest BCUT2D eigenvalue weighted by Crippen LogP contribution is 2.22. The summed E-state index contributed by atoms with van der Waals surface area (Å²) in [5, 5.41) is 12.7. The minimum atomic E-state index is -0.453. The molecule has 1 atom stereocenters. The van der Waals surface area contributed by atoms with Crippen LogP contribution >= 0.6 is 11.3 Å². The lowest BCUT2D eigenvalue weighted by atomic mass is 10.2. The Morgan fingerprint density at radius 2 is 1.93 bits per heavy atom. The van der Waals surface area contributed by atoms with Crippen molar-refractivity contribution in [3.8, 4) is 10.8 Å². The molecule has 3 heterocycles. The molecular weight excluding hydrogens is 376 g/mol. The highest BCUT2D eigenvalue weighted by molar-refractivity contribution is 7.13. The van der Waals surface area contributed by atoms with Crippen LogP contribution in [-0.4, -0.2) is 35.6 Å². The minimum absolute atomic E-state index is 0.171. The number of carbonyl (C=O) groups excluding carboxylic acids is 1. The molecule has 28 heavy (non-hydrogen) atoms. The Labute approximate surface area is 164 Å². The second kappa shape index (κ2) is 7.92. The summed E-state index contributed by atoms with van der Waals surface area (Å²) in [6.45, 7) is 1.76. The summed E-state index contributed by atoms with van der Waals surface area (Å²) in [5.41, 5.74) is 1.53. The average molecular weight is 392 g/mol. The first-order chi connectivity index (χ1) is 13.7. The Balaban J connectivity index is 1.41. The van der Waals surface area contributed by atoms with E-state index in [-0.39, 0.29) is 5.91 Å². The normalized spacial score (nSPS) is 11.8. The number of amides is 1. The standard InChI is InChI=1S/C18H16N8OS/c1-12(26-11-19-10-22-26)17(27)24-14-4-2-13(3-5-14)23-15-6-7-20-16(25-15)18-21-8-9-28-18/h2-12H,1H3,(H,24,27)(H,20,23,25). The van der Waals surface area contributed by atoms with Crippen molar-refractivity contribution in [1.82, 2.24) is 29.7 Å². The fourth-order valence-corrected chi connectivity index (χ4v) is 3.01. The third-order valence-corrected chi connectivity index (χ3v) is 4.69. The van der Waals surface area contributed by atoms with Crippen LogP contribution in [0.3, 0.4) is 0 Å².